The van der Waals surface area contributed by atoms with Crippen molar-refractivity contribution >= 4 is 46.2 Å². The Labute approximate surface area is 156 Å². The van der Waals surface area contributed by atoms with Crippen LogP contribution in [0.25, 0.3) is 22.3 Å². The number of hydrogen-bond acceptors (Lipinski definition) is 4. The minimum absolute atomic E-state index is 0.183. The summed E-state index contributed by atoms with van der Waals surface area (Å²) >= 11 is 6.60. The van der Waals surface area contributed by atoms with Gasteiger partial charge >= 0.3 is 0 Å². The third-order valence-electron chi connectivity index (χ3n) is 3.87. The minimum Gasteiger partial charge on any atom is -0.331 e. The number of aryl methyl sites for hydroxylation is 1. The molecule has 0 saturated carbocycles. The number of fused-ring (bicyclic) bond motifs is 1. The maximum absolute atomic E-state index is 13.8. The molecular formula is C18H13FN4OS2. The quantitative estimate of drug-likeness (QED) is 0.433. The number of nitrogens with one attached hydrogen (secondary N) is 3. The van der Waals surface area contributed by atoms with E-state index < -0.39 is 11.7 Å². The average molecular weight is 384 g/mol. The molecule has 130 valence electrons. The van der Waals surface area contributed by atoms with Gasteiger partial charge in [0, 0.05) is 16.6 Å². The lowest BCUT2D eigenvalue weighted by molar-refractivity contribution is 0.102. The molecule has 3 N–H and O–H groups in total. The van der Waals surface area contributed by atoms with E-state index in [2.05, 4.69) is 20.3 Å². The number of carbonyl (C=O) groups excluding carboxylic acids is 1. The van der Waals surface area contributed by atoms with Crippen molar-refractivity contribution in [3.8, 4) is 11.3 Å². The van der Waals surface area contributed by atoms with E-state index in [0.29, 0.717) is 21.5 Å². The third-order valence-corrected chi connectivity index (χ3v) is 4.85. The van der Waals surface area contributed by atoms with Gasteiger partial charge in [-0.05, 0) is 43.4 Å². The van der Waals surface area contributed by atoms with Gasteiger partial charge in [0.15, 0.2) is 4.77 Å². The number of amides is 1. The van der Waals surface area contributed by atoms with Gasteiger partial charge in [-0.25, -0.2) is 9.37 Å². The molecule has 0 aliphatic carbocycles. The van der Waals surface area contributed by atoms with Crippen LogP contribution in [0.15, 0.2) is 41.8 Å². The molecule has 0 aliphatic heterocycles. The monoisotopic (exact) mass is 384 g/mol. The maximum atomic E-state index is 13.8. The molecule has 26 heavy (non-hydrogen) atoms. The topological polar surface area (TPSA) is 73.6 Å². The van der Waals surface area contributed by atoms with Crippen molar-refractivity contribution in [2.45, 2.75) is 6.92 Å². The van der Waals surface area contributed by atoms with E-state index in [1.54, 1.807) is 17.4 Å². The number of halogens is 1. The van der Waals surface area contributed by atoms with Crippen molar-refractivity contribution < 1.29 is 9.18 Å². The van der Waals surface area contributed by atoms with E-state index in [4.69, 9.17) is 12.2 Å². The highest BCUT2D eigenvalue weighted by atomic mass is 32.1. The standard InChI is InChI=1S/C18H13FN4OS2/c1-9-20-15(8-26-9)10-3-2-4-12(5-10)21-17(24)13-6-11(19)7-14-16(13)23-18(25)22-14/h2-8H,1H3,(H,21,24)(H2,22,23,25). The molecule has 0 atom stereocenters. The molecule has 0 radical (unpaired) electrons. The SMILES string of the molecule is Cc1nc(-c2cccc(NC(=O)c3cc(F)cc4[nH]c(=S)[nH]c34)c2)cs1. The van der Waals surface area contributed by atoms with Crippen LogP contribution in [0.2, 0.25) is 0 Å². The second-order valence-electron chi connectivity index (χ2n) is 5.74. The molecular weight excluding hydrogens is 371 g/mol. The Hall–Kier alpha value is -2.84. The number of carbonyl (C=O) groups is 1. The Bertz CT molecular complexity index is 1190. The third kappa shape index (κ3) is 3.16. The Morgan fingerprint density at radius 2 is 2.12 bits per heavy atom. The molecule has 0 saturated heterocycles. The first-order chi connectivity index (χ1) is 12.5. The number of nitrogens with zero attached hydrogens (tertiary/aromatic N) is 1. The van der Waals surface area contributed by atoms with Gasteiger partial charge in [0.2, 0.25) is 0 Å². The summed E-state index contributed by atoms with van der Waals surface area (Å²) in [5.41, 5.74) is 3.46. The lowest BCUT2D eigenvalue weighted by atomic mass is 10.1. The number of imidazole rings is 1. The number of anilines is 1. The highest BCUT2D eigenvalue weighted by molar-refractivity contribution is 7.71. The number of aromatic amines is 2. The summed E-state index contributed by atoms with van der Waals surface area (Å²) in [5, 5.41) is 5.74. The van der Waals surface area contributed by atoms with Gasteiger partial charge in [0.05, 0.1) is 27.3 Å². The van der Waals surface area contributed by atoms with Crippen LogP contribution in [0, 0.1) is 17.5 Å². The number of aromatic nitrogens is 3. The summed E-state index contributed by atoms with van der Waals surface area (Å²) in [4.78, 5) is 22.8. The van der Waals surface area contributed by atoms with Crippen LogP contribution < -0.4 is 5.32 Å². The zero-order chi connectivity index (χ0) is 18.3. The van der Waals surface area contributed by atoms with Crippen molar-refractivity contribution in [3.63, 3.8) is 0 Å². The molecule has 5 nitrogen and oxygen atoms in total. The lowest BCUT2D eigenvalue weighted by Crippen LogP contribution is -2.13. The van der Waals surface area contributed by atoms with Gasteiger partial charge in [-0.1, -0.05) is 12.1 Å². The van der Waals surface area contributed by atoms with E-state index in [1.165, 1.54) is 12.1 Å². The maximum Gasteiger partial charge on any atom is 0.257 e. The van der Waals surface area contributed by atoms with Crippen LogP contribution in [0.5, 0.6) is 0 Å². The summed E-state index contributed by atoms with van der Waals surface area (Å²) in [6.07, 6.45) is 0. The van der Waals surface area contributed by atoms with Crippen LogP contribution in [-0.2, 0) is 0 Å². The van der Waals surface area contributed by atoms with E-state index in [9.17, 15) is 9.18 Å². The zero-order valence-corrected chi connectivity index (χ0v) is 15.2. The van der Waals surface area contributed by atoms with E-state index in [0.717, 1.165) is 16.3 Å². The molecule has 0 aliphatic rings. The largest absolute Gasteiger partial charge is 0.331 e. The number of H-pyrrole nitrogens is 2. The molecule has 4 aromatic rings. The lowest BCUT2D eigenvalue weighted by Gasteiger charge is -2.08. The molecule has 2 aromatic heterocycles. The molecule has 8 heteroatoms. The minimum atomic E-state index is -0.514. The van der Waals surface area contributed by atoms with Crippen molar-refractivity contribution in [3.05, 3.63) is 62.9 Å². The average Bonchev–Trinajstić information content (AvgIpc) is 3.19. The smallest absolute Gasteiger partial charge is 0.257 e. The Balaban J connectivity index is 1.68. The Kier molecular flexibility index (Phi) is 4.14. The molecule has 0 fully saturated rings. The number of hydrogen-bond donors (Lipinski definition) is 3. The van der Waals surface area contributed by atoms with E-state index >= 15 is 0 Å². The van der Waals surface area contributed by atoms with Crippen molar-refractivity contribution in [2.75, 3.05) is 5.32 Å². The molecule has 0 unspecified atom stereocenters. The summed E-state index contributed by atoms with van der Waals surface area (Å²) in [6.45, 7) is 1.94. The van der Waals surface area contributed by atoms with Crippen molar-refractivity contribution in [2.24, 2.45) is 0 Å². The fourth-order valence-corrected chi connectivity index (χ4v) is 3.57. The van der Waals surface area contributed by atoms with Crippen LogP contribution in [0.4, 0.5) is 10.1 Å². The van der Waals surface area contributed by atoms with Crippen molar-refractivity contribution in [1.82, 2.24) is 15.0 Å². The van der Waals surface area contributed by atoms with Gasteiger partial charge < -0.3 is 15.3 Å². The van der Waals surface area contributed by atoms with Gasteiger partial charge in [0.1, 0.15) is 5.82 Å². The number of thiazole rings is 1. The van der Waals surface area contributed by atoms with Gasteiger partial charge in [-0.3, -0.25) is 4.79 Å². The summed E-state index contributed by atoms with van der Waals surface area (Å²) in [5.74, 6) is -0.939. The predicted octanol–water partition coefficient (Wildman–Crippen LogP) is 5.05. The van der Waals surface area contributed by atoms with Crippen LogP contribution in [0.3, 0.4) is 0 Å². The molecule has 1 amide bonds. The van der Waals surface area contributed by atoms with Crippen molar-refractivity contribution in [1.29, 1.82) is 0 Å². The van der Waals surface area contributed by atoms with Gasteiger partial charge in [-0.2, -0.15) is 0 Å². The Morgan fingerprint density at radius 1 is 1.27 bits per heavy atom. The van der Waals surface area contributed by atoms with Crippen LogP contribution >= 0.6 is 23.6 Å². The van der Waals surface area contributed by atoms with Gasteiger partial charge in [-0.15, -0.1) is 11.3 Å². The molecule has 2 heterocycles. The molecule has 2 aromatic carbocycles. The molecule has 0 spiro atoms. The highest BCUT2D eigenvalue weighted by Gasteiger charge is 2.15. The zero-order valence-electron chi connectivity index (χ0n) is 13.6. The highest BCUT2D eigenvalue weighted by Crippen LogP contribution is 2.25. The fourth-order valence-electron chi connectivity index (χ4n) is 2.74. The number of rotatable bonds is 3. The predicted molar refractivity (Wildman–Crippen MR) is 104 cm³/mol. The summed E-state index contributed by atoms with van der Waals surface area (Å²) in [7, 11) is 0. The Morgan fingerprint density at radius 3 is 2.88 bits per heavy atom. The first-order valence-corrected chi connectivity index (χ1v) is 9.04. The first kappa shape index (κ1) is 16.6. The van der Waals surface area contributed by atoms with Crippen LogP contribution in [-0.4, -0.2) is 20.9 Å². The van der Waals surface area contributed by atoms with E-state index in [1.807, 2.05) is 30.5 Å². The molecule has 0 bridgehead atoms. The summed E-state index contributed by atoms with van der Waals surface area (Å²) < 4.78 is 14.2. The summed E-state index contributed by atoms with van der Waals surface area (Å²) in [6, 6.07) is 9.85. The second kappa shape index (κ2) is 6.47. The number of benzene rings is 2. The first-order valence-electron chi connectivity index (χ1n) is 7.75. The molecule has 4 rings (SSSR count). The normalized spacial score (nSPS) is 11.0. The van der Waals surface area contributed by atoms with E-state index in [-0.39, 0.29) is 5.56 Å². The fraction of sp³-hybridized carbons (Fsp3) is 0.0556. The second-order valence-corrected chi connectivity index (χ2v) is 7.21. The van der Waals surface area contributed by atoms with Gasteiger partial charge in [0.25, 0.3) is 5.91 Å². The van der Waals surface area contributed by atoms with Crippen LogP contribution in [0.1, 0.15) is 15.4 Å².